The van der Waals surface area contributed by atoms with E-state index in [0.29, 0.717) is 66.0 Å². The lowest BCUT2D eigenvalue weighted by Crippen LogP contribution is -2.57. The SMILES string of the molecule is COc1ccccc1C1N=C(Nc2nc3cc(C4CCC5NC(Nc6nc7ccccc7o6)=NC(C6=CC=CC(OC)C6)C5C4=O)ccc3o2)N=C2CCCC(=O)C21. The van der Waals surface area contributed by atoms with E-state index in [1.54, 1.807) is 14.2 Å². The number of benzene rings is 3. The molecular weight excluding hydrogens is 737 g/mol. The van der Waals surface area contributed by atoms with E-state index in [-0.39, 0.29) is 35.6 Å². The zero-order chi connectivity index (χ0) is 39.3. The summed E-state index contributed by atoms with van der Waals surface area (Å²) in [5.74, 6) is 0.540. The molecule has 7 unspecified atom stereocenters. The summed E-state index contributed by atoms with van der Waals surface area (Å²) >= 11 is 0. The largest absolute Gasteiger partial charge is 0.496 e. The maximum absolute atomic E-state index is 14.7. The van der Waals surface area contributed by atoms with Crippen LogP contribution in [0.4, 0.5) is 12.0 Å². The molecule has 294 valence electrons. The molecule has 5 aromatic rings. The minimum absolute atomic E-state index is 0.103. The summed E-state index contributed by atoms with van der Waals surface area (Å²) in [7, 11) is 3.31. The number of para-hydroxylation sites is 3. The van der Waals surface area contributed by atoms with Crippen LogP contribution in [-0.2, 0) is 14.3 Å². The van der Waals surface area contributed by atoms with E-state index in [2.05, 4.69) is 27.0 Å². The molecule has 7 atom stereocenters. The molecule has 3 aliphatic carbocycles. The van der Waals surface area contributed by atoms with Crippen molar-refractivity contribution in [3.05, 3.63) is 102 Å². The highest BCUT2D eigenvalue weighted by Crippen LogP contribution is 2.43. The monoisotopic (exact) mass is 778 g/mol. The molecule has 14 nitrogen and oxygen atoms in total. The second kappa shape index (κ2) is 14.8. The van der Waals surface area contributed by atoms with Crippen LogP contribution in [0.1, 0.15) is 61.6 Å². The fourth-order valence-electron chi connectivity index (χ4n) is 9.19. The van der Waals surface area contributed by atoms with Gasteiger partial charge in [0.25, 0.3) is 0 Å². The van der Waals surface area contributed by atoms with Crippen LogP contribution in [0.25, 0.3) is 22.2 Å². The van der Waals surface area contributed by atoms with Gasteiger partial charge in [-0.15, -0.1) is 0 Å². The first-order valence-corrected chi connectivity index (χ1v) is 19.8. The molecule has 0 radical (unpaired) electrons. The van der Waals surface area contributed by atoms with Crippen molar-refractivity contribution in [2.75, 3.05) is 24.9 Å². The summed E-state index contributed by atoms with van der Waals surface area (Å²) in [5, 5.41) is 9.95. The lowest BCUT2D eigenvalue weighted by Gasteiger charge is -2.43. The van der Waals surface area contributed by atoms with Crippen molar-refractivity contribution >= 4 is 63.4 Å². The third kappa shape index (κ3) is 6.56. The molecule has 2 saturated carbocycles. The van der Waals surface area contributed by atoms with E-state index in [0.717, 1.165) is 40.8 Å². The Morgan fingerprint density at radius 1 is 0.845 bits per heavy atom. The summed E-state index contributed by atoms with van der Waals surface area (Å²) in [6, 6.07) is 20.5. The van der Waals surface area contributed by atoms with Gasteiger partial charge in [0.15, 0.2) is 17.1 Å². The number of hydrogen-bond donors (Lipinski definition) is 3. The minimum Gasteiger partial charge on any atom is -0.496 e. The highest BCUT2D eigenvalue weighted by atomic mass is 16.5. The topological polar surface area (TPSA) is 178 Å². The summed E-state index contributed by atoms with van der Waals surface area (Å²) in [6.45, 7) is 0. The number of methoxy groups -OCH3 is 2. The average molecular weight is 779 g/mol. The lowest BCUT2D eigenvalue weighted by molar-refractivity contribution is -0.128. The first-order chi connectivity index (χ1) is 28.4. The van der Waals surface area contributed by atoms with Crippen molar-refractivity contribution in [3.63, 3.8) is 0 Å². The first-order valence-electron chi connectivity index (χ1n) is 19.8. The van der Waals surface area contributed by atoms with Crippen LogP contribution in [-0.4, -0.2) is 71.6 Å². The van der Waals surface area contributed by atoms with E-state index in [1.165, 1.54) is 0 Å². The molecule has 14 heteroatoms. The third-order valence-corrected chi connectivity index (χ3v) is 12.0. The van der Waals surface area contributed by atoms with Gasteiger partial charge in [-0.2, -0.15) is 9.97 Å². The Bertz CT molecular complexity index is 2570. The van der Waals surface area contributed by atoms with Gasteiger partial charge in [-0.3, -0.25) is 20.2 Å². The molecule has 2 fully saturated rings. The number of anilines is 2. The zero-order valence-corrected chi connectivity index (χ0v) is 32.1. The van der Waals surface area contributed by atoms with E-state index in [4.69, 9.17) is 38.3 Å². The number of ether oxygens (including phenoxy) is 2. The number of aliphatic imine (C=N–C) groups is 3. The van der Waals surface area contributed by atoms with Crippen molar-refractivity contribution in [1.82, 2.24) is 15.3 Å². The van der Waals surface area contributed by atoms with Crippen LogP contribution in [0.3, 0.4) is 0 Å². The smallest absolute Gasteiger partial charge is 0.302 e. The van der Waals surface area contributed by atoms with Crippen LogP contribution < -0.4 is 20.7 Å². The van der Waals surface area contributed by atoms with Gasteiger partial charge in [0.2, 0.25) is 5.96 Å². The number of ketones is 2. The molecule has 0 bridgehead atoms. The quantitative estimate of drug-likeness (QED) is 0.154. The molecule has 0 amide bonds. The molecule has 5 aliphatic rings. The van der Waals surface area contributed by atoms with Crippen molar-refractivity contribution in [2.24, 2.45) is 26.8 Å². The maximum Gasteiger partial charge on any atom is 0.302 e. The van der Waals surface area contributed by atoms with Gasteiger partial charge in [0.1, 0.15) is 28.3 Å². The van der Waals surface area contributed by atoms with Gasteiger partial charge < -0.3 is 23.6 Å². The first kappa shape index (κ1) is 36.0. The second-order valence-corrected chi connectivity index (χ2v) is 15.4. The Morgan fingerprint density at radius 3 is 2.52 bits per heavy atom. The third-order valence-electron chi connectivity index (χ3n) is 12.0. The number of nitrogens with one attached hydrogen (secondary N) is 3. The predicted octanol–water partition coefficient (Wildman–Crippen LogP) is 7.08. The lowest BCUT2D eigenvalue weighted by atomic mass is 9.68. The number of nitrogens with zero attached hydrogens (tertiary/aromatic N) is 5. The van der Waals surface area contributed by atoms with Crippen molar-refractivity contribution in [3.8, 4) is 5.75 Å². The van der Waals surface area contributed by atoms with E-state index in [1.807, 2.05) is 78.9 Å². The molecule has 2 aliphatic heterocycles. The number of aromatic nitrogens is 2. The molecule has 4 heterocycles. The molecule has 3 N–H and O–H groups in total. The van der Waals surface area contributed by atoms with Crippen LogP contribution >= 0.6 is 0 Å². The molecule has 10 rings (SSSR count). The van der Waals surface area contributed by atoms with E-state index >= 15 is 0 Å². The molecular formula is C44H42N8O6. The van der Waals surface area contributed by atoms with Gasteiger partial charge in [-0.05, 0) is 67.2 Å². The Labute approximate surface area is 333 Å². The summed E-state index contributed by atoms with van der Waals surface area (Å²) < 4.78 is 23.5. The average Bonchev–Trinajstić information content (AvgIpc) is 3.85. The molecule has 0 saturated heterocycles. The number of Topliss-reactive ketones (excluding diaryl/α,β-unsaturated/α-hetero) is 2. The van der Waals surface area contributed by atoms with Crippen LogP contribution in [0, 0.1) is 11.8 Å². The number of carbonyl (C=O) groups is 2. The fourth-order valence-corrected chi connectivity index (χ4v) is 9.19. The highest BCUT2D eigenvalue weighted by Gasteiger charge is 2.47. The van der Waals surface area contributed by atoms with Crippen LogP contribution in [0.15, 0.2) is 114 Å². The maximum atomic E-state index is 14.7. The Hall–Kier alpha value is -6.41. The van der Waals surface area contributed by atoms with Gasteiger partial charge in [0, 0.05) is 43.2 Å². The van der Waals surface area contributed by atoms with Gasteiger partial charge >= 0.3 is 12.0 Å². The molecule has 3 aromatic carbocycles. The standard InChI is InChI=1S/C44H42N8O6/c1-55-25-10-7-9-24(21-25)38-37-30(46-41(49-38)51-43-47-28-12-4-6-16-34(28)57-43)19-18-26(40(37)54)23-17-20-35-31(22-23)48-44(58-35)52-42-45-29-13-8-14-32(53)36(29)39(50-42)27-11-3-5-15-33(27)56-2/h3-7,9-12,15-17,20,22,25-26,30,36-39H,8,13-14,18-19,21H2,1-2H3,(H,48,50,52)(H2,46,47,49,51). The number of allylic oxidation sites excluding steroid dienone is 2. The van der Waals surface area contributed by atoms with Gasteiger partial charge in [-0.25, -0.2) is 15.0 Å². The van der Waals surface area contributed by atoms with Crippen molar-refractivity contribution < 1.29 is 27.9 Å². The van der Waals surface area contributed by atoms with Crippen LogP contribution in [0.2, 0.25) is 0 Å². The fraction of sp³-hybridized carbons (Fsp3) is 0.341. The highest BCUT2D eigenvalue weighted by molar-refractivity contribution is 6.15. The van der Waals surface area contributed by atoms with Crippen molar-refractivity contribution in [1.29, 1.82) is 0 Å². The van der Waals surface area contributed by atoms with Crippen LogP contribution in [0.5, 0.6) is 5.75 Å². The number of hydrogen-bond acceptors (Lipinski definition) is 14. The van der Waals surface area contributed by atoms with Crippen molar-refractivity contribution in [2.45, 2.75) is 68.7 Å². The minimum atomic E-state index is -0.493. The molecule has 2 aromatic heterocycles. The van der Waals surface area contributed by atoms with Gasteiger partial charge in [-0.1, -0.05) is 54.6 Å². The Kier molecular flexibility index (Phi) is 9.20. The number of carbonyl (C=O) groups excluding carboxylic acids is 2. The normalized spacial score (nSPS) is 26.8. The summed E-state index contributed by atoms with van der Waals surface area (Å²) in [5.41, 5.74) is 6.11. The summed E-state index contributed by atoms with van der Waals surface area (Å²) in [6.07, 6.45) is 9.92. The van der Waals surface area contributed by atoms with E-state index in [9.17, 15) is 9.59 Å². The number of guanidine groups is 2. The molecule has 58 heavy (non-hydrogen) atoms. The summed E-state index contributed by atoms with van der Waals surface area (Å²) in [4.78, 5) is 52.1. The molecule has 0 spiro atoms. The second-order valence-electron chi connectivity index (χ2n) is 15.4. The number of fused-ring (bicyclic) bond motifs is 4. The zero-order valence-electron chi connectivity index (χ0n) is 32.1. The number of rotatable bonds is 7. The van der Waals surface area contributed by atoms with Gasteiger partial charge in [0.05, 0.1) is 37.1 Å². The Balaban J connectivity index is 0.922. The van der Waals surface area contributed by atoms with E-state index < -0.39 is 23.9 Å². The predicted molar refractivity (Wildman–Crippen MR) is 219 cm³/mol. The Morgan fingerprint density at radius 2 is 1.66 bits per heavy atom. The number of oxazole rings is 2.